The molecule has 0 aliphatic carbocycles. The van der Waals surface area contributed by atoms with Crippen molar-refractivity contribution in [2.24, 2.45) is 5.73 Å². The Balaban J connectivity index is 2.29. The van der Waals surface area contributed by atoms with Crippen molar-refractivity contribution in [3.05, 3.63) is 64.7 Å². The molecule has 0 aliphatic rings. The van der Waals surface area contributed by atoms with Gasteiger partial charge in [-0.1, -0.05) is 41.5 Å². The number of hydrogen-bond donors (Lipinski definition) is 2. The van der Waals surface area contributed by atoms with E-state index in [9.17, 15) is 4.79 Å². The van der Waals surface area contributed by atoms with Gasteiger partial charge in [0.05, 0.1) is 19.8 Å². The molecule has 26 heavy (non-hydrogen) atoms. The minimum atomic E-state index is -0.702. The Morgan fingerprint density at radius 3 is 2.42 bits per heavy atom. The number of carbonyl (C=O) groups is 1. The molecule has 2 rings (SSSR count). The number of benzene rings is 2. The fraction of sp³-hybridized carbons (Fsp3) is 0.381. The van der Waals surface area contributed by atoms with Crippen LogP contribution in [0.2, 0.25) is 0 Å². The van der Waals surface area contributed by atoms with Crippen molar-refractivity contribution in [1.82, 2.24) is 5.32 Å². The van der Waals surface area contributed by atoms with E-state index in [1.807, 2.05) is 24.3 Å². The highest BCUT2D eigenvalue weighted by molar-refractivity contribution is 5.82. The number of ether oxygens (including phenoxy) is 2. The van der Waals surface area contributed by atoms with Crippen molar-refractivity contribution in [2.75, 3.05) is 20.8 Å². The highest BCUT2D eigenvalue weighted by Gasteiger charge is 2.20. The quantitative estimate of drug-likeness (QED) is 0.763. The zero-order chi connectivity index (χ0) is 19.1. The first-order valence-corrected chi connectivity index (χ1v) is 8.69. The van der Waals surface area contributed by atoms with Crippen LogP contribution in [0.1, 0.15) is 28.3 Å². The molecule has 0 heterocycles. The summed E-state index contributed by atoms with van der Waals surface area (Å²) >= 11 is 0. The molecule has 140 valence electrons. The van der Waals surface area contributed by atoms with Gasteiger partial charge in [-0.15, -0.1) is 0 Å². The third kappa shape index (κ3) is 5.58. The summed E-state index contributed by atoms with van der Waals surface area (Å²) in [4.78, 5) is 12.4. The van der Waals surface area contributed by atoms with Crippen molar-refractivity contribution < 1.29 is 14.3 Å². The molecular formula is C21H28N2O3. The van der Waals surface area contributed by atoms with E-state index in [0.717, 1.165) is 16.9 Å². The summed E-state index contributed by atoms with van der Waals surface area (Å²) in [5.74, 6) is 0.521. The SMILES string of the molecule is COCC(N)C(=O)NC(Cc1cc(C)cc(C)c1)c1cccc(OC)c1. The summed E-state index contributed by atoms with van der Waals surface area (Å²) in [7, 11) is 3.16. The summed E-state index contributed by atoms with van der Waals surface area (Å²) in [6.07, 6.45) is 0.668. The molecule has 5 nitrogen and oxygen atoms in total. The second kappa shape index (κ2) is 9.36. The van der Waals surface area contributed by atoms with Gasteiger partial charge >= 0.3 is 0 Å². The van der Waals surface area contributed by atoms with E-state index in [1.165, 1.54) is 18.2 Å². The molecule has 2 aromatic carbocycles. The van der Waals surface area contributed by atoms with Crippen LogP contribution in [0.15, 0.2) is 42.5 Å². The molecule has 0 spiro atoms. The maximum atomic E-state index is 12.4. The molecule has 0 saturated carbocycles. The average molecular weight is 356 g/mol. The highest BCUT2D eigenvalue weighted by atomic mass is 16.5. The summed E-state index contributed by atoms with van der Waals surface area (Å²) in [6, 6.07) is 13.2. The molecule has 1 amide bonds. The van der Waals surface area contributed by atoms with E-state index < -0.39 is 6.04 Å². The van der Waals surface area contributed by atoms with Gasteiger partial charge in [0.15, 0.2) is 0 Å². The number of aryl methyl sites for hydroxylation is 2. The minimum absolute atomic E-state index is 0.181. The largest absolute Gasteiger partial charge is 0.497 e. The van der Waals surface area contributed by atoms with Gasteiger partial charge in [0.25, 0.3) is 0 Å². The van der Waals surface area contributed by atoms with E-state index >= 15 is 0 Å². The molecule has 2 unspecified atom stereocenters. The first-order chi connectivity index (χ1) is 12.4. The topological polar surface area (TPSA) is 73.6 Å². The highest BCUT2D eigenvalue weighted by Crippen LogP contribution is 2.24. The van der Waals surface area contributed by atoms with Crippen molar-refractivity contribution >= 4 is 5.91 Å². The van der Waals surface area contributed by atoms with Crippen LogP contribution < -0.4 is 15.8 Å². The van der Waals surface area contributed by atoms with Gasteiger partial charge in [-0.05, 0) is 43.5 Å². The molecular weight excluding hydrogens is 328 g/mol. The van der Waals surface area contributed by atoms with Gasteiger partial charge in [0, 0.05) is 7.11 Å². The van der Waals surface area contributed by atoms with Crippen LogP contribution in [-0.4, -0.2) is 32.8 Å². The van der Waals surface area contributed by atoms with Gasteiger partial charge < -0.3 is 20.5 Å². The predicted molar refractivity (Wildman–Crippen MR) is 103 cm³/mol. The molecule has 5 heteroatoms. The Hall–Kier alpha value is -2.37. The zero-order valence-corrected chi connectivity index (χ0v) is 15.9. The Bertz CT molecular complexity index is 726. The van der Waals surface area contributed by atoms with Crippen LogP contribution in [0.3, 0.4) is 0 Å². The third-order valence-corrected chi connectivity index (χ3v) is 4.22. The first-order valence-electron chi connectivity index (χ1n) is 8.69. The van der Waals surface area contributed by atoms with Crippen LogP contribution in [0.4, 0.5) is 0 Å². The lowest BCUT2D eigenvalue weighted by Crippen LogP contribution is -2.45. The first kappa shape index (κ1) is 19.9. The summed E-state index contributed by atoms with van der Waals surface area (Å²) in [5, 5.41) is 3.06. The molecule has 0 radical (unpaired) electrons. The zero-order valence-electron chi connectivity index (χ0n) is 15.9. The average Bonchev–Trinajstić information content (AvgIpc) is 2.60. The second-order valence-electron chi connectivity index (χ2n) is 6.60. The van der Waals surface area contributed by atoms with Crippen LogP contribution in [-0.2, 0) is 16.0 Å². The lowest BCUT2D eigenvalue weighted by molar-refractivity contribution is -0.124. The lowest BCUT2D eigenvalue weighted by Gasteiger charge is -2.22. The Morgan fingerprint density at radius 2 is 1.81 bits per heavy atom. The Labute approximate surface area is 155 Å². The molecule has 3 N–H and O–H groups in total. The van der Waals surface area contributed by atoms with Crippen LogP contribution in [0.25, 0.3) is 0 Å². The molecule has 2 aromatic rings. The standard InChI is InChI=1S/C21H28N2O3/c1-14-8-15(2)10-16(9-14)11-20(23-21(24)19(22)13-25-3)17-6-5-7-18(12-17)26-4/h5-10,12,19-20H,11,13,22H2,1-4H3,(H,23,24). The number of methoxy groups -OCH3 is 2. The molecule has 2 atom stereocenters. The van der Waals surface area contributed by atoms with Crippen LogP contribution >= 0.6 is 0 Å². The molecule has 0 bridgehead atoms. The molecule has 0 aliphatic heterocycles. The van der Waals surface area contributed by atoms with E-state index in [0.29, 0.717) is 6.42 Å². The van der Waals surface area contributed by atoms with E-state index in [1.54, 1.807) is 7.11 Å². The maximum Gasteiger partial charge on any atom is 0.239 e. The van der Waals surface area contributed by atoms with Gasteiger partial charge in [-0.2, -0.15) is 0 Å². The van der Waals surface area contributed by atoms with Gasteiger partial charge in [0.1, 0.15) is 11.8 Å². The number of nitrogens with two attached hydrogens (primary N) is 1. The number of hydrogen-bond acceptors (Lipinski definition) is 4. The summed E-state index contributed by atoms with van der Waals surface area (Å²) < 4.78 is 10.3. The fourth-order valence-electron chi connectivity index (χ4n) is 3.07. The van der Waals surface area contributed by atoms with E-state index in [-0.39, 0.29) is 18.6 Å². The predicted octanol–water partition coefficient (Wildman–Crippen LogP) is 2.69. The minimum Gasteiger partial charge on any atom is -0.497 e. The van der Waals surface area contributed by atoms with Gasteiger partial charge in [-0.3, -0.25) is 4.79 Å². The Kier molecular flexibility index (Phi) is 7.18. The maximum absolute atomic E-state index is 12.4. The van der Waals surface area contributed by atoms with Crippen molar-refractivity contribution in [2.45, 2.75) is 32.4 Å². The normalized spacial score (nSPS) is 13.1. The number of nitrogens with one attached hydrogen (secondary N) is 1. The van der Waals surface area contributed by atoms with Gasteiger partial charge in [-0.25, -0.2) is 0 Å². The monoisotopic (exact) mass is 356 g/mol. The molecule has 0 fully saturated rings. The molecule has 0 saturated heterocycles. The molecule has 0 aromatic heterocycles. The summed E-state index contributed by atoms with van der Waals surface area (Å²) in [6.45, 7) is 4.33. The van der Waals surface area contributed by atoms with E-state index in [4.69, 9.17) is 15.2 Å². The van der Waals surface area contributed by atoms with Crippen LogP contribution in [0.5, 0.6) is 5.75 Å². The smallest absolute Gasteiger partial charge is 0.239 e. The van der Waals surface area contributed by atoms with Gasteiger partial charge in [0.2, 0.25) is 5.91 Å². The van der Waals surface area contributed by atoms with E-state index in [2.05, 4.69) is 37.4 Å². The third-order valence-electron chi connectivity index (χ3n) is 4.22. The van der Waals surface area contributed by atoms with Crippen molar-refractivity contribution in [3.63, 3.8) is 0 Å². The van der Waals surface area contributed by atoms with Crippen molar-refractivity contribution in [3.8, 4) is 5.75 Å². The number of amides is 1. The number of carbonyl (C=O) groups excluding carboxylic acids is 1. The van der Waals surface area contributed by atoms with Crippen molar-refractivity contribution in [1.29, 1.82) is 0 Å². The lowest BCUT2D eigenvalue weighted by atomic mass is 9.96. The van der Waals surface area contributed by atoms with Crippen LogP contribution in [0, 0.1) is 13.8 Å². The fourth-order valence-corrected chi connectivity index (χ4v) is 3.07. The number of rotatable bonds is 8. The second-order valence-corrected chi connectivity index (χ2v) is 6.60. The summed E-state index contributed by atoms with van der Waals surface area (Å²) in [5.41, 5.74) is 10.4. The Morgan fingerprint density at radius 1 is 1.12 bits per heavy atom.